The van der Waals surface area contributed by atoms with Crippen molar-refractivity contribution in [3.8, 4) is 5.75 Å². The van der Waals surface area contributed by atoms with Crippen molar-refractivity contribution < 1.29 is 9.15 Å². The molecule has 2 aromatic carbocycles. The number of aromatic nitrogens is 1. The first-order valence-corrected chi connectivity index (χ1v) is 10.4. The first-order valence-electron chi connectivity index (χ1n) is 10.4. The molecule has 0 radical (unpaired) electrons. The lowest BCUT2D eigenvalue weighted by Gasteiger charge is -2.35. The predicted octanol–water partition coefficient (Wildman–Crippen LogP) is 5.71. The quantitative estimate of drug-likeness (QED) is 0.466. The third-order valence-electron chi connectivity index (χ3n) is 5.60. The molecule has 4 aromatic rings. The second kappa shape index (κ2) is 7.75. The Hall–Kier alpha value is -3.47. The molecule has 0 amide bonds. The van der Waals surface area contributed by atoms with Gasteiger partial charge in [0.1, 0.15) is 17.4 Å². The minimum absolute atomic E-state index is 0.136. The Labute approximate surface area is 176 Å². The Morgan fingerprint density at radius 1 is 1.10 bits per heavy atom. The molecular weight excluding hydrogens is 374 g/mol. The maximum atomic E-state index is 6.15. The molecule has 0 spiro atoms. The van der Waals surface area contributed by atoms with Crippen molar-refractivity contribution in [2.45, 2.75) is 26.4 Å². The van der Waals surface area contributed by atoms with Crippen LogP contribution >= 0.6 is 0 Å². The molecule has 5 rings (SSSR count). The van der Waals surface area contributed by atoms with Crippen LogP contribution in [-0.2, 0) is 6.42 Å². The number of aryl methyl sites for hydroxylation is 1. The van der Waals surface area contributed by atoms with Crippen LogP contribution in [0.5, 0.6) is 5.75 Å². The number of nitrogens with zero attached hydrogens (tertiary/aromatic N) is 2. The van der Waals surface area contributed by atoms with Gasteiger partial charge < -0.3 is 19.4 Å². The number of ether oxygens (including phenoxy) is 1. The zero-order chi connectivity index (χ0) is 20.5. The molecule has 0 aliphatic carbocycles. The molecule has 30 heavy (non-hydrogen) atoms. The molecule has 152 valence electrons. The van der Waals surface area contributed by atoms with Crippen molar-refractivity contribution >= 4 is 28.0 Å². The Morgan fingerprint density at radius 2 is 1.97 bits per heavy atom. The molecule has 3 heterocycles. The molecule has 0 fully saturated rings. The molecule has 1 aliphatic rings. The van der Waals surface area contributed by atoms with Crippen LogP contribution in [0.4, 0.5) is 17.1 Å². The monoisotopic (exact) mass is 399 g/mol. The summed E-state index contributed by atoms with van der Waals surface area (Å²) in [7, 11) is 0. The zero-order valence-corrected chi connectivity index (χ0v) is 17.3. The predicted molar refractivity (Wildman–Crippen MR) is 121 cm³/mol. The van der Waals surface area contributed by atoms with Crippen molar-refractivity contribution in [3.05, 3.63) is 78.3 Å². The molecule has 1 unspecified atom stereocenters. The van der Waals surface area contributed by atoms with Crippen LogP contribution in [0, 0.1) is 6.92 Å². The number of pyridine rings is 1. The van der Waals surface area contributed by atoms with Crippen LogP contribution in [0.3, 0.4) is 0 Å². The van der Waals surface area contributed by atoms with Gasteiger partial charge in [0.2, 0.25) is 0 Å². The highest BCUT2D eigenvalue weighted by molar-refractivity contribution is 5.83. The third-order valence-corrected chi connectivity index (χ3v) is 5.60. The Morgan fingerprint density at radius 3 is 2.83 bits per heavy atom. The number of hydrogen-bond acceptors (Lipinski definition) is 5. The maximum Gasteiger partial charge on any atom is 0.145 e. The van der Waals surface area contributed by atoms with Gasteiger partial charge >= 0.3 is 0 Å². The molecule has 1 aliphatic heterocycles. The number of benzene rings is 2. The SMILES string of the molecule is Cc1cccc2c(CCN3CC(C)Oc4cc(Nc5ccncc5)ccc43)coc12. The van der Waals surface area contributed by atoms with E-state index >= 15 is 0 Å². The average Bonchev–Trinajstić information content (AvgIpc) is 3.17. The highest BCUT2D eigenvalue weighted by atomic mass is 16.5. The Bertz CT molecular complexity index is 1170. The first-order chi connectivity index (χ1) is 14.7. The van der Waals surface area contributed by atoms with Gasteiger partial charge in [-0.3, -0.25) is 4.98 Å². The van der Waals surface area contributed by atoms with E-state index in [0.29, 0.717) is 0 Å². The van der Waals surface area contributed by atoms with Gasteiger partial charge in [0, 0.05) is 41.8 Å². The smallest absolute Gasteiger partial charge is 0.145 e. The standard InChI is InChI=1S/C25H25N3O2/c1-17-4-3-5-22-19(16-29-25(17)22)10-13-28-15-18(2)30-24-14-21(6-7-23(24)28)27-20-8-11-26-12-9-20/h3-9,11-12,14,16,18H,10,13,15H2,1-2H3,(H,26,27). The third kappa shape index (κ3) is 3.59. The van der Waals surface area contributed by atoms with Crippen LogP contribution in [0.1, 0.15) is 18.1 Å². The van der Waals surface area contributed by atoms with E-state index in [1.807, 2.05) is 18.4 Å². The lowest BCUT2D eigenvalue weighted by molar-refractivity contribution is 0.213. The van der Waals surface area contributed by atoms with Gasteiger partial charge in [0.05, 0.1) is 18.5 Å². The van der Waals surface area contributed by atoms with Gasteiger partial charge in [-0.15, -0.1) is 0 Å². The molecule has 5 heteroatoms. The Balaban J connectivity index is 1.36. The number of hydrogen-bond donors (Lipinski definition) is 1. The van der Waals surface area contributed by atoms with E-state index in [4.69, 9.17) is 9.15 Å². The van der Waals surface area contributed by atoms with Crippen LogP contribution in [0.2, 0.25) is 0 Å². The summed E-state index contributed by atoms with van der Waals surface area (Å²) in [6.45, 7) is 6.00. The van der Waals surface area contributed by atoms with Crippen LogP contribution in [0.25, 0.3) is 11.0 Å². The summed E-state index contributed by atoms with van der Waals surface area (Å²) in [5, 5.41) is 4.63. The minimum Gasteiger partial charge on any atom is -0.487 e. The molecule has 2 aromatic heterocycles. The van der Waals surface area contributed by atoms with E-state index in [1.54, 1.807) is 12.4 Å². The lowest BCUT2D eigenvalue weighted by Crippen LogP contribution is -2.39. The fourth-order valence-electron chi connectivity index (χ4n) is 4.13. The van der Waals surface area contributed by atoms with Crippen molar-refractivity contribution in [1.82, 2.24) is 4.98 Å². The van der Waals surface area contributed by atoms with E-state index in [9.17, 15) is 0 Å². The molecule has 0 saturated heterocycles. The van der Waals surface area contributed by atoms with Crippen LogP contribution < -0.4 is 15.0 Å². The van der Waals surface area contributed by atoms with Gasteiger partial charge in [-0.05, 0) is 55.7 Å². The van der Waals surface area contributed by atoms with Gasteiger partial charge in [-0.2, -0.15) is 0 Å². The second-order valence-electron chi connectivity index (χ2n) is 7.88. The van der Waals surface area contributed by atoms with Gasteiger partial charge in [-0.25, -0.2) is 0 Å². The van der Waals surface area contributed by atoms with Crippen LogP contribution in [-0.4, -0.2) is 24.2 Å². The summed E-state index contributed by atoms with van der Waals surface area (Å²) in [4.78, 5) is 6.48. The van der Waals surface area contributed by atoms with Crippen molar-refractivity contribution in [3.63, 3.8) is 0 Å². The van der Waals surface area contributed by atoms with Crippen molar-refractivity contribution in [2.75, 3.05) is 23.3 Å². The summed E-state index contributed by atoms with van der Waals surface area (Å²) < 4.78 is 12.0. The molecule has 0 saturated carbocycles. The number of nitrogens with one attached hydrogen (secondary N) is 1. The highest BCUT2D eigenvalue weighted by Gasteiger charge is 2.23. The number of furan rings is 1. The van der Waals surface area contributed by atoms with Crippen molar-refractivity contribution in [1.29, 1.82) is 0 Å². The van der Waals surface area contributed by atoms with Gasteiger partial charge in [0.25, 0.3) is 0 Å². The normalized spacial score (nSPS) is 15.7. The van der Waals surface area contributed by atoms with Crippen LogP contribution in [0.15, 0.2) is 71.6 Å². The van der Waals surface area contributed by atoms with Gasteiger partial charge in [-0.1, -0.05) is 18.2 Å². The second-order valence-corrected chi connectivity index (χ2v) is 7.88. The first kappa shape index (κ1) is 18.6. The number of rotatable bonds is 5. The van der Waals surface area contributed by atoms with E-state index in [0.717, 1.165) is 47.9 Å². The largest absolute Gasteiger partial charge is 0.487 e. The topological polar surface area (TPSA) is 50.5 Å². The highest BCUT2D eigenvalue weighted by Crippen LogP contribution is 2.37. The van der Waals surface area contributed by atoms with E-state index < -0.39 is 0 Å². The molecular formula is C25H25N3O2. The summed E-state index contributed by atoms with van der Waals surface area (Å²) in [5.74, 6) is 0.917. The van der Waals surface area contributed by atoms with Gasteiger partial charge in [0.15, 0.2) is 0 Å². The van der Waals surface area contributed by atoms with E-state index in [-0.39, 0.29) is 6.10 Å². The zero-order valence-electron chi connectivity index (χ0n) is 17.3. The number of para-hydroxylation sites is 1. The Kier molecular flexibility index (Phi) is 4.79. The molecule has 1 N–H and O–H groups in total. The fourth-order valence-corrected chi connectivity index (χ4v) is 4.13. The molecule has 0 bridgehead atoms. The summed E-state index contributed by atoms with van der Waals surface area (Å²) in [6.07, 6.45) is 6.53. The summed E-state index contributed by atoms with van der Waals surface area (Å²) >= 11 is 0. The minimum atomic E-state index is 0.136. The van der Waals surface area contributed by atoms with E-state index in [1.165, 1.54) is 16.5 Å². The van der Waals surface area contributed by atoms with E-state index in [2.05, 4.69) is 65.4 Å². The molecule has 5 nitrogen and oxygen atoms in total. The lowest BCUT2D eigenvalue weighted by atomic mass is 10.1. The average molecular weight is 399 g/mol. The fraction of sp³-hybridized carbons (Fsp3) is 0.240. The summed E-state index contributed by atoms with van der Waals surface area (Å²) in [5.41, 5.74) is 6.58. The number of fused-ring (bicyclic) bond motifs is 2. The summed E-state index contributed by atoms with van der Waals surface area (Å²) in [6, 6.07) is 16.6. The molecule has 1 atom stereocenters. The number of anilines is 3. The maximum absolute atomic E-state index is 6.15. The van der Waals surface area contributed by atoms with Crippen molar-refractivity contribution in [2.24, 2.45) is 0 Å².